The molecule has 0 aliphatic heterocycles. The topological polar surface area (TPSA) is 32.3 Å². The third-order valence-electron chi connectivity index (χ3n) is 4.08. The number of hydrogen-bond donors (Lipinski definition) is 0. The van der Waals surface area contributed by atoms with Gasteiger partial charge < -0.3 is 9.84 Å². The normalized spacial score (nSPS) is 11.3. The molecule has 3 aromatic carbocycles. The van der Waals surface area contributed by atoms with Gasteiger partial charge >= 0.3 is 29.2 Å². The van der Waals surface area contributed by atoms with Gasteiger partial charge in [-0.05, 0) is 43.0 Å². The molecule has 0 spiro atoms. The summed E-state index contributed by atoms with van der Waals surface area (Å²) >= 11 is 1.75. The summed E-state index contributed by atoms with van der Waals surface area (Å²) < 4.78 is 5.30. The van der Waals surface area contributed by atoms with Gasteiger partial charge in [0.1, 0.15) is 23.2 Å². The van der Waals surface area contributed by atoms with Crippen LogP contribution < -0.4 is 21.0 Å². The number of benzene rings is 3. The summed E-state index contributed by atoms with van der Waals surface area (Å²) in [5, 5.41) is 15.9. The van der Waals surface area contributed by atoms with E-state index in [4.69, 9.17) is 4.74 Å². The quantitative estimate of drug-likeness (QED) is 0.252. The zero-order valence-corrected chi connectivity index (χ0v) is 18.7. The second kappa shape index (κ2) is 11.3. The van der Waals surface area contributed by atoms with Crippen molar-refractivity contribution in [3.05, 3.63) is 103 Å². The summed E-state index contributed by atoms with van der Waals surface area (Å²) in [6.45, 7) is 2.20. The number of halogens is 1. The van der Waals surface area contributed by atoms with Gasteiger partial charge in [-0.25, -0.2) is 0 Å². The van der Waals surface area contributed by atoms with Crippen LogP contribution in [0.15, 0.2) is 103 Å². The summed E-state index contributed by atoms with van der Waals surface area (Å²) in [6, 6.07) is 30.7. The maximum atomic E-state index is 12.5. The van der Waals surface area contributed by atoms with Gasteiger partial charge in [0.2, 0.25) is 0 Å². The predicted molar refractivity (Wildman–Crippen MR) is 111 cm³/mol. The van der Waals surface area contributed by atoms with Crippen molar-refractivity contribution in [3.63, 3.8) is 0 Å². The Morgan fingerprint density at radius 3 is 1.44 bits per heavy atom. The Morgan fingerprint density at radius 2 is 1.15 bits per heavy atom. The van der Waals surface area contributed by atoms with E-state index in [0.717, 1.165) is 15.9 Å². The van der Waals surface area contributed by atoms with Crippen LogP contribution in [0.4, 0.5) is 0 Å². The third kappa shape index (κ3) is 5.25. The van der Waals surface area contributed by atoms with Gasteiger partial charge in [0, 0.05) is 0 Å². The van der Waals surface area contributed by atoms with Crippen LogP contribution in [0.2, 0.25) is 0 Å². The fourth-order valence-electron chi connectivity index (χ4n) is 3.00. The minimum absolute atomic E-state index is 0.271. The van der Waals surface area contributed by atoms with Gasteiger partial charge in [0.15, 0.2) is 0 Å². The summed E-state index contributed by atoms with van der Waals surface area (Å²) in [6.07, 6.45) is 0. The SMILES string of the molecule is CCO/C([O-])=C/[P+](c1ccccc1)(c1ccccc1)c1ccccc1.[Cl][Au]. The molecule has 0 bridgehead atoms. The number of hydrogen-bond acceptors (Lipinski definition) is 2. The maximum absolute atomic E-state index is 12.5. The van der Waals surface area contributed by atoms with Gasteiger partial charge in [-0.2, -0.15) is 0 Å². The van der Waals surface area contributed by atoms with E-state index in [1.807, 2.05) is 61.5 Å². The first-order valence-corrected chi connectivity index (χ1v) is 13.0. The Bertz CT molecular complexity index is 730. The van der Waals surface area contributed by atoms with Crippen LogP contribution in [-0.4, -0.2) is 6.61 Å². The molecule has 0 aromatic heterocycles. The Kier molecular flexibility index (Phi) is 9.14. The Hall–Kier alpha value is -1.54. The van der Waals surface area contributed by atoms with Gasteiger partial charge in [0.25, 0.3) is 0 Å². The van der Waals surface area contributed by atoms with E-state index in [9.17, 15) is 5.11 Å². The monoisotopic (exact) mass is 580 g/mol. The first-order valence-electron chi connectivity index (χ1n) is 8.47. The molecule has 2 nitrogen and oxygen atoms in total. The van der Waals surface area contributed by atoms with Crippen molar-refractivity contribution in [3.8, 4) is 0 Å². The average Bonchev–Trinajstić information content (AvgIpc) is 2.75. The molecule has 5 heteroatoms. The molecule has 0 atom stereocenters. The Balaban J connectivity index is 0.00000126. The zero-order chi connectivity index (χ0) is 19.5. The summed E-state index contributed by atoms with van der Waals surface area (Å²) in [4.78, 5) is 0. The van der Waals surface area contributed by atoms with Gasteiger partial charge in [-0.1, -0.05) is 61.5 Å². The van der Waals surface area contributed by atoms with Crippen LogP contribution in [0.5, 0.6) is 0 Å². The van der Waals surface area contributed by atoms with E-state index in [-0.39, 0.29) is 5.95 Å². The van der Waals surface area contributed by atoms with Crippen LogP contribution in [0.3, 0.4) is 0 Å². The number of ether oxygens (including phenoxy) is 1. The summed E-state index contributed by atoms with van der Waals surface area (Å²) in [7, 11) is 2.34. The van der Waals surface area contributed by atoms with Crippen molar-refractivity contribution >= 4 is 32.4 Å². The van der Waals surface area contributed by atoms with Crippen molar-refractivity contribution < 1.29 is 29.8 Å². The van der Waals surface area contributed by atoms with E-state index < -0.39 is 7.26 Å². The molecular weight excluding hydrogens is 560 g/mol. The molecule has 0 saturated heterocycles. The fourth-order valence-corrected chi connectivity index (χ4v) is 6.66. The van der Waals surface area contributed by atoms with E-state index >= 15 is 0 Å². The second-order valence-corrected chi connectivity index (χ2v) is 8.86. The molecule has 0 heterocycles. The van der Waals surface area contributed by atoms with Crippen LogP contribution in [0, 0.1) is 0 Å². The molecular formula is C22H21AuClO2P. The average molecular weight is 581 g/mol. The van der Waals surface area contributed by atoms with E-state index in [1.165, 1.54) is 0 Å². The molecule has 0 N–H and O–H groups in total. The van der Waals surface area contributed by atoms with Gasteiger partial charge in [0.05, 0.1) is 11.8 Å². The molecule has 0 aliphatic rings. The first kappa shape index (κ1) is 21.8. The minimum atomic E-state index is -2.24. The van der Waals surface area contributed by atoms with Crippen LogP contribution >= 0.6 is 16.5 Å². The first-order chi connectivity index (χ1) is 13.3. The molecule has 0 saturated carbocycles. The van der Waals surface area contributed by atoms with Crippen LogP contribution in [-0.2, 0) is 24.7 Å². The molecule has 3 rings (SSSR count). The molecule has 0 fully saturated rings. The molecule has 3 aromatic rings. The van der Waals surface area contributed by atoms with E-state index in [0.29, 0.717) is 6.61 Å². The van der Waals surface area contributed by atoms with Gasteiger partial charge in [-0.3, -0.25) is 0 Å². The molecule has 0 unspecified atom stereocenters. The van der Waals surface area contributed by atoms with E-state index in [1.54, 1.807) is 25.8 Å². The van der Waals surface area contributed by atoms with Crippen molar-refractivity contribution in [1.82, 2.24) is 0 Å². The van der Waals surface area contributed by atoms with Crippen LogP contribution in [0.25, 0.3) is 0 Å². The zero-order valence-electron chi connectivity index (χ0n) is 14.9. The summed E-state index contributed by atoms with van der Waals surface area (Å²) in [5.74, 6) is 1.53. The third-order valence-corrected chi connectivity index (χ3v) is 8.01. The standard InChI is InChI=1S/C22H21O2P.Au.ClH/c1-2-24-22(23)18-25(19-12-6-3-7-13-19,20-14-8-4-9-15-20)21-16-10-5-11-17-21;;/h3-18H,2H2,1H3;;1H/q;+1;/p-1/b22-18+;;. The Labute approximate surface area is 177 Å². The second-order valence-electron chi connectivity index (χ2n) is 5.61. The predicted octanol–water partition coefficient (Wildman–Crippen LogP) is 3.86. The molecule has 0 amide bonds. The van der Waals surface area contributed by atoms with Crippen LogP contribution in [0.1, 0.15) is 6.92 Å². The fraction of sp³-hybridized carbons (Fsp3) is 0.0909. The van der Waals surface area contributed by atoms with Crippen molar-refractivity contribution in [1.29, 1.82) is 0 Å². The number of rotatable bonds is 6. The summed E-state index contributed by atoms with van der Waals surface area (Å²) in [5.41, 5.74) is 0. The molecule has 27 heavy (non-hydrogen) atoms. The van der Waals surface area contributed by atoms with Gasteiger partial charge in [-0.15, -0.1) is 0 Å². The molecule has 0 radical (unpaired) electrons. The Morgan fingerprint density at radius 1 is 0.815 bits per heavy atom. The molecule has 0 aliphatic carbocycles. The van der Waals surface area contributed by atoms with E-state index in [2.05, 4.69) is 45.6 Å². The molecule has 144 valence electrons. The van der Waals surface area contributed by atoms with Crippen molar-refractivity contribution in [2.24, 2.45) is 0 Å². The van der Waals surface area contributed by atoms with Crippen molar-refractivity contribution in [2.75, 3.05) is 6.61 Å². The van der Waals surface area contributed by atoms with Crippen molar-refractivity contribution in [2.45, 2.75) is 6.92 Å².